The Labute approximate surface area is 189 Å². The molecule has 2 aromatic carbocycles. The van der Waals surface area contributed by atoms with E-state index in [-0.39, 0.29) is 29.7 Å². The van der Waals surface area contributed by atoms with Gasteiger partial charge in [0.05, 0.1) is 17.9 Å². The van der Waals surface area contributed by atoms with Crippen LogP contribution in [0.2, 0.25) is 0 Å². The largest absolute Gasteiger partial charge is 0.478 e. The summed E-state index contributed by atoms with van der Waals surface area (Å²) in [5, 5.41) is 23.4. The van der Waals surface area contributed by atoms with Gasteiger partial charge in [-0.25, -0.2) is 4.79 Å². The fourth-order valence-corrected chi connectivity index (χ4v) is 3.72. The van der Waals surface area contributed by atoms with Gasteiger partial charge in [-0.05, 0) is 44.2 Å². The number of aromatic nitrogens is 3. The van der Waals surface area contributed by atoms with Crippen LogP contribution in [0.3, 0.4) is 0 Å². The molecule has 3 rings (SSSR count). The minimum absolute atomic E-state index is 0.0746. The molecular weight excluding hydrogens is 430 g/mol. The van der Waals surface area contributed by atoms with Crippen LogP contribution >= 0.6 is 11.8 Å². The Balaban J connectivity index is 1.56. The average molecular weight is 454 g/mol. The van der Waals surface area contributed by atoms with Gasteiger partial charge in [0, 0.05) is 17.8 Å². The lowest BCUT2D eigenvalue weighted by molar-refractivity contribution is -0.113. The Hall–Kier alpha value is -3.66. The van der Waals surface area contributed by atoms with Crippen molar-refractivity contribution >= 4 is 35.2 Å². The minimum Gasteiger partial charge on any atom is -0.478 e. The number of carbonyl (C=O) groups excluding carboxylic acids is 2. The molecule has 3 N–H and O–H groups in total. The van der Waals surface area contributed by atoms with Crippen LogP contribution in [0, 0.1) is 6.92 Å². The van der Waals surface area contributed by atoms with Crippen molar-refractivity contribution in [3.8, 4) is 0 Å². The summed E-state index contributed by atoms with van der Waals surface area (Å²) in [7, 11) is 0. The summed E-state index contributed by atoms with van der Waals surface area (Å²) >= 11 is 1.21. The first-order chi connectivity index (χ1) is 15.4. The second-order valence-corrected chi connectivity index (χ2v) is 7.86. The van der Waals surface area contributed by atoms with Crippen molar-refractivity contribution in [2.45, 2.75) is 32.1 Å². The van der Waals surface area contributed by atoms with E-state index in [2.05, 4.69) is 20.8 Å². The number of amides is 2. The van der Waals surface area contributed by atoms with Crippen LogP contribution in [0.1, 0.15) is 39.0 Å². The number of thioether (sulfide) groups is 1. The molecule has 0 bridgehead atoms. The van der Waals surface area contributed by atoms with Crippen LogP contribution in [-0.4, -0.2) is 43.4 Å². The molecule has 32 heavy (non-hydrogen) atoms. The first kappa shape index (κ1) is 23.0. The van der Waals surface area contributed by atoms with E-state index >= 15 is 0 Å². The molecule has 0 spiro atoms. The lowest BCUT2D eigenvalue weighted by Gasteiger charge is -2.09. The van der Waals surface area contributed by atoms with Crippen LogP contribution in [0.4, 0.5) is 5.69 Å². The fourth-order valence-electron chi connectivity index (χ4n) is 2.90. The third-order valence-electron chi connectivity index (χ3n) is 4.56. The SMILES string of the molecule is CCn1c(CNC(=O)c2ccc(C)cc2)nnc1SCC(=O)Nc1cccc(C(=O)O)c1. The Morgan fingerprint density at radius 1 is 1.06 bits per heavy atom. The number of hydrogen-bond acceptors (Lipinski definition) is 6. The third-order valence-corrected chi connectivity index (χ3v) is 5.52. The maximum absolute atomic E-state index is 12.3. The van der Waals surface area contributed by atoms with E-state index in [9.17, 15) is 14.4 Å². The van der Waals surface area contributed by atoms with Gasteiger partial charge in [0.2, 0.25) is 5.91 Å². The molecule has 0 atom stereocenters. The van der Waals surface area contributed by atoms with Gasteiger partial charge in [-0.3, -0.25) is 9.59 Å². The van der Waals surface area contributed by atoms with E-state index < -0.39 is 5.97 Å². The van der Waals surface area contributed by atoms with Crippen LogP contribution < -0.4 is 10.6 Å². The normalized spacial score (nSPS) is 10.6. The van der Waals surface area contributed by atoms with Crippen molar-refractivity contribution in [1.29, 1.82) is 0 Å². The van der Waals surface area contributed by atoms with Crippen LogP contribution in [0.15, 0.2) is 53.7 Å². The molecule has 2 amide bonds. The molecule has 10 heteroatoms. The average Bonchev–Trinajstić information content (AvgIpc) is 3.18. The van der Waals surface area contributed by atoms with E-state index in [1.165, 1.54) is 23.9 Å². The standard InChI is InChI=1S/C22H23N5O4S/c1-3-27-18(12-23-20(29)15-9-7-14(2)8-10-15)25-26-22(27)32-13-19(28)24-17-6-4-5-16(11-17)21(30)31/h4-11H,3,12-13H2,1-2H3,(H,23,29)(H,24,28)(H,30,31). The summed E-state index contributed by atoms with van der Waals surface area (Å²) in [5.74, 6) is -0.894. The zero-order chi connectivity index (χ0) is 23.1. The van der Waals surface area contributed by atoms with Gasteiger partial charge in [-0.1, -0.05) is 35.5 Å². The van der Waals surface area contributed by atoms with Crippen molar-refractivity contribution in [3.05, 3.63) is 71.0 Å². The van der Waals surface area contributed by atoms with Crippen molar-refractivity contribution < 1.29 is 19.5 Å². The molecule has 9 nitrogen and oxygen atoms in total. The quantitative estimate of drug-likeness (QED) is 0.425. The number of aryl methyl sites for hydroxylation is 1. The van der Waals surface area contributed by atoms with Gasteiger partial charge >= 0.3 is 5.97 Å². The topological polar surface area (TPSA) is 126 Å². The number of rotatable bonds is 9. The molecule has 0 unspecified atom stereocenters. The highest BCUT2D eigenvalue weighted by Crippen LogP contribution is 2.18. The first-order valence-electron chi connectivity index (χ1n) is 9.90. The van der Waals surface area contributed by atoms with Gasteiger partial charge in [-0.2, -0.15) is 0 Å². The van der Waals surface area contributed by atoms with Crippen molar-refractivity contribution in [2.75, 3.05) is 11.1 Å². The lowest BCUT2D eigenvalue weighted by atomic mass is 10.1. The Kier molecular flexibility index (Phi) is 7.61. The number of carboxylic acids is 1. The summed E-state index contributed by atoms with van der Waals surface area (Å²) in [6.07, 6.45) is 0. The van der Waals surface area contributed by atoms with Crippen molar-refractivity contribution in [2.24, 2.45) is 0 Å². The molecule has 0 aliphatic carbocycles. The summed E-state index contributed by atoms with van der Waals surface area (Å²) < 4.78 is 1.83. The van der Waals surface area contributed by atoms with Gasteiger partial charge < -0.3 is 20.3 Å². The maximum atomic E-state index is 12.3. The minimum atomic E-state index is -1.06. The van der Waals surface area contributed by atoms with Crippen molar-refractivity contribution in [3.63, 3.8) is 0 Å². The van der Waals surface area contributed by atoms with Crippen molar-refractivity contribution in [1.82, 2.24) is 20.1 Å². The second-order valence-electron chi connectivity index (χ2n) is 6.91. The number of aromatic carboxylic acids is 1. The van der Waals surface area contributed by atoms with E-state index in [0.29, 0.717) is 28.8 Å². The van der Waals surface area contributed by atoms with Gasteiger partial charge in [0.15, 0.2) is 11.0 Å². The smallest absolute Gasteiger partial charge is 0.335 e. The summed E-state index contributed by atoms with van der Waals surface area (Å²) in [6, 6.07) is 13.3. The predicted molar refractivity (Wildman–Crippen MR) is 121 cm³/mol. The molecular formula is C22H23N5O4S. The zero-order valence-corrected chi connectivity index (χ0v) is 18.5. The molecule has 0 aliphatic heterocycles. The molecule has 0 fully saturated rings. The number of carboxylic acid groups (broad SMARTS) is 1. The molecule has 1 aromatic heterocycles. The molecule has 0 saturated carbocycles. The van der Waals surface area contributed by atoms with Gasteiger partial charge in [0.25, 0.3) is 5.91 Å². The highest BCUT2D eigenvalue weighted by atomic mass is 32.2. The first-order valence-corrected chi connectivity index (χ1v) is 10.9. The molecule has 0 radical (unpaired) electrons. The second kappa shape index (κ2) is 10.6. The van der Waals surface area contributed by atoms with Crippen LogP contribution in [0.5, 0.6) is 0 Å². The van der Waals surface area contributed by atoms with E-state index in [1.807, 2.05) is 30.5 Å². The van der Waals surface area contributed by atoms with Crippen LogP contribution in [0.25, 0.3) is 0 Å². The Bertz CT molecular complexity index is 1130. The van der Waals surface area contributed by atoms with Crippen LogP contribution in [-0.2, 0) is 17.9 Å². The molecule has 1 heterocycles. The Morgan fingerprint density at radius 3 is 2.50 bits per heavy atom. The van der Waals surface area contributed by atoms with Gasteiger partial charge in [0.1, 0.15) is 0 Å². The maximum Gasteiger partial charge on any atom is 0.335 e. The molecule has 3 aromatic rings. The summed E-state index contributed by atoms with van der Waals surface area (Å²) in [6.45, 7) is 4.67. The highest BCUT2D eigenvalue weighted by molar-refractivity contribution is 7.99. The molecule has 0 saturated heterocycles. The molecule has 0 aliphatic rings. The summed E-state index contributed by atoms with van der Waals surface area (Å²) in [4.78, 5) is 35.7. The number of hydrogen-bond donors (Lipinski definition) is 3. The number of carbonyl (C=O) groups is 3. The monoisotopic (exact) mass is 453 g/mol. The number of nitrogens with zero attached hydrogens (tertiary/aromatic N) is 3. The number of anilines is 1. The van der Waals surface area contributed by atoms with E-state index in [1.54, 1.807) is 24.3 Å². The highest BCUT2D eigenvalue weighted by Gasteiger charge is 2.15. The number of benzene rings is 2. The Morgan fingerprint density at radius 2 is 1.81 bits per heavy atom. The third kappa shape index (κ3) is 5.94. The van der Waals surface area contributed by atoms with Gasteiger partial charge in [-0.15, -0.1) is 10.2 Å². The zero-order valence-electron chi connectivity index (χ0n) is 17.7. The lowest BCUT2D eigenvalue weighted by Crippen LogP contribution is -2.24. The fraction of sp³-hybridized carbons (Fsp3) is 0.227. The van der Waals surface area contributed by atoms with E-state index in [0.717, 1.165) is 5.56 Å². The van der Waals surface area contributed by atoms with E-state index in [4.69, 9.17) is 5.11 Å². The number of nitrogens with one attached hydrogen (secondary N) is 2. The molecule has 166 valence electrons. The predicted octanol–water partition coefficient (Wildman–Crippen LogP) is 2.97. The summed E-state index contributed by atoms with van der Waals surface area (Å²) in [5.41, 5.74) is 2.15.